The molecule has 86 valence electrons. The van der Waals surface area contributed by atoms with Crippen molar-refractivity contribution in [3.63, 3.8) is 0 Å². The maximum absolute atomic E-state index is 3.88. The minimum atomic E-state index is 1.09. The van der Waals surface area contributed by atoms with Gasteiger partial charge in [0, 0.05) is 5.39 Å². The molecule has 1 heterocycles. The van der Waals surface area contributed by atoms with Crippen molar-refractivity contribution in [3.8, 4) is 0 Å². The van der Waals surface area contributed by atoms with Gasteiger partial charge < -0.3 is 0 Å². The Labute approximate surface area is 101 Å². The lowest BCUT2D eigenvalue weighted by atomic mass is 10.2. The van der Waals surface area contributed by atoms with Crippen LogP contribution in [0.2, 0.25) is 0 Å². The zero-order valence-corrected chi connectivity index (χ0v) is 10.1. The van der Waals surface area contributed by atoms with Crippen LogP contribution in [0.3, 0.4) is 0 Å². The first-order valence-electron chi connectivity index (χ1n) is 5.67. The molecule has 0 atom stereocenters. The first-order chi connectivity index (χ1) is 8.25. The number of fused-ring (bicyclic) bond motifs is 1. The quantitative estimate of drug-likeness (QED) is 0.617. The highest BCUT2D eigenvalue weighted by molar-refractivity contribution is 5.77. The van der Waals surface area contributed by atoms with E-state index in [1.807, 2.05) is 30.5 Å². The molecule has 0 aliphatic rings. The summed E-state index contributed by atoms with van der Waals surface area (Å²) in [5.74, 6) is 0. The minimum Gasteiger partial charge on any atom is -0.278 e. The Morgan fingerprint density at radius 1 is 0.882 bits per heavy atom. The smallest absolute Gasteiger partial charge is 0.0650 e. The van der Waals surface area contributed by atoms with Gasteiger partial charge in [0.15, 0.2) is 0 Å². The number of benzene rings is 2. The van der Waals surface area contributed by atoms with Crippen LogP contribution in [-0.2, 0) is 0 Å². The van der Waals surface area contributed by atoms with Gasteiger partial charge in [0.25, 0.3) is 0 Å². The maximum Gasteiger partial charge on any atom is 0.0650 e. The zero-order valence-electron chi connectivity index (χ0n) is 10.1. The van der Waals surface area contributed by atoms with Crippen LogP contribution in [0, 0.1) is 13.8 Å². The summed E-state index contributed by atoms with van der Waals surface area (Å²) in [6, 6.07) is 16.5. The molecule has 0 fully saturated rings. The van der Waals surface area contributed by atoms with Crippen LogP contribution in [-0.4, -0.2) is 10.2 Å². The van der Waals surface area contributed by atoms with Crippen molar-refractivity contribution in [3.05, 3.63) is 65.9 Å². The first-order valence-corrected chi connectivity index (χ1v) is 5.67. The van der Waals surface area contributed by atoms with Gasteiger partial charge in [-0.2, -0.15) is 5.10 Å². The van der Waals surface area contributed by atoms with E-state index < -0.39 is 0 Å². The zero-order chi connectivity index (χ0) is 12.1. The van der Waals surface area contributed by atoms with Crippen LogP contribution >= 0.6 is 0 Å². The van der Waals surface area contributed by atoms with Crippen LogP contribution in [0.4, 0.5) is 0 Å². The molecule has 0 saturated heterocycles. The summed E-state index contributed by atoms with van der Waals surface area (Å²) in [6.07, 6.45) is 1.81. The molecule has 2 aromatic carbocycles. The fourth-order valence-electron chi connectivity index (χ4n) is 1.69. The van der Waals surface area contributed by atoms with Crippen molar-refractivity contribution < 1.29 is 0 Å². The number of hydrogen-bond donors (Lipinski definition) is 1. The average molecular weight is 224 g/mol. The van der Waals surface area contributed by atoms with Gasteiger partial charge in [-0.25, -0.2) is 0 Å². The van der Waals surface area contributed by atoms with E-state index in [0.717, 1.165) is 10.9 Å². The molecule has 1 N–H and O–H groups in total. The van der Waals surface area contributed by atoms with E-state index in [4.69, 9.17) is 0 Å². The number of para-hydroxylation sites is 1. The highest BCUT2D eigenvalue weighted by Gasteiger charge is 1.88. The van der Waals surface area contributed by atoms with Gasteiger partial charge in [0.2, 0.25) is 0 Å². The second-order valence-corrected chi connectivity index (χ2v) is 4.12. The van der Waals surface area contributed by atoms with Crippen molar-refractivity contribution in [1.29, 1.82) is 0 Å². The number of hydrogen-bond acceptors (Lipinski definition) is 1. The van der Waals surface area contributed by atoms with Crippen molar-refractivity contribution >= 4 is 10.9 Å². The Morgan fingerprint density at radius 3 is 2.18 bits per heavy atom. The Balaban J connectivity index is 0.000000128. The predicted molar refractivity (Wildman–Crippen MR) is 72.0 cm³/mol. The van der Waals surface area contributed by atoms with E-state index in [0.29, 0.717) is 0 Å². The van der Waals surface area contributed by atoms with Crippen molar-refractivity contribution in [2.24, 2.45) is 0 Å². The molecule has 17 heavy (non-hydrogen) atoms. The molecule has 0 bridgehead atoms. The monoisotopic (exact) mass is 224 g/mol. The van der Waals surface area contributed by atoms with Crippen LogP contribution in [0.5, 0.6) is 0 Å². The van der Waals surface area contributed by atoms with Crippen LogP contribution < -0.4 is 0 Å². The maximum atomic E-state index is 3.88. The van der Waals surface area contributed by atoms with Crippen LogP contribution in [0.1, 0.15) is 11.1 Å². The number of H-pyrrole nitrogens is 1. The number of aromatic nitrogens is 2. The Kier molecular flexibility index (Phi) is 3.55. The van der Waals surface area contributed by atoms with E-state index in [2.05, 4.69) is 48.3 Å². The fraction of sp³-hybridized carbons (Fsp3) is 0.133. The third kappa shape index (κ3) is 3.18. The summed E-state index contributed by atoms with van der Waals surface area (Å²) in [7, 11) is 0. The molecule has 2 heteroatoms. The lowest BCUT2D eigenvalue weighted by molar-refractivity contribution is 1.12. The molecule has 3 aromatic rings. The van der Waals surface area contributed by atoms with Gasteiger partial charge in [-0.15, -0.1) is 0 Å². The number of nitrogens with zero attached hydrogens (tertiary/aromatic N) is 1. The van der Waals surface area contributed by atoms with Crippen molar-refractivity contribution in [2.75, 3.05) is 0 Å². The van der Waals surface area contributed by atoms with Crippen LogP contribution in [0.15, 0.2) is 54.7 Å². The van der Waals surface area contributed by atoms with Gasteiger partial charge in [-0.3, -0.25) is 5.10 Å². The van der Waals surface area contributed by atoms with E-state index in [1.165, 1.54) is 11.1 Å². The normalized spacial score (nSPS) is 9.76. The molecule has 0 aliphatic carbocycles. The van der Waals surface area contributed by atoms with E-state index in [1.54, 1.807) is 0 Å². The summed E-state index contributed by atoms with van der Waals surface area (Å²) >= 11 is 0. The second-order valence-electron chi connectivity index (χ2n) is 4.12. The largest absolute Gasteiger partial charge is 0.278 e. The highest BCUT2D eigenvalue weighted by atomic mass is 15.1. The first kappa shape index (κ1) is 11.4. The molecule has 0 spiro atoms. The Bertz CT molecular complexity index is 549. The van der Waals surface area contributed by atoms with Gasteiger partial charge >= 0.3 is 0 Å². The highest BCUT2D eigenvalue weighted by Crippen LogP contribution is 2.07. The molecule has 0 aliphatic heterocycles. The SMILES string of the molecule is Cc1cccc(C)c1.c1ccc2[nH]ncc2c1. The summed E-state index contributed by atoms with van der Waals surface area (Å²) < 4.78 is 0. The molecule has 2 nitrogen and oxygen atoms in total. The van der Waals surface area contributed by atoms with Gasteiger partial charge in [-0.1, -0.05) is 53.6 Å². The van der Waals surface area contributed by atoms with Gasteiger partial charge in [-0.05, 0) is 19.9 Å². The number of rotatable bonds is 0. The lowest BCUT2D eigenvalue weighted by Crippen LogP contribution is -1.71. The Morgan fingerprint density at radius 2 is 1.59 bits per heavy atom. The summed E-state index contributed by atoms with van der Waals surface area (Å²) in [5.41, 5.74) is 3.77. The van der Waals surface area contributed by atoms with Crippen molar-refractivity contribution in [2.45, 2.75) is 13.8 Å². The minimum absolute atomic E-state index is 1.09. The van der Waals surface area contributed by atoms with Gasteiger partial charge in [0.1, 0.15) is 0 Å². The molecule has 0 amide bonds. The van der Waals surface area contributed by atoms with Crippen molar-refractivity contribution in [1.82, 2.24) is 10.2 Å². The van der Waals surface area contributed by atoms with Gasteiger partial charge in [0.05, 0.1) is 11.7 Å². The second kappa shape index (κ2) is 5.30. The number of nitrogens with one attached hydrogen (secondary N) is 1. The summed E-state index contributed by atoms with van der Waals surface area (Å²) in [6.45, 7) is 4.21. The van der Waals surface area contributed by atoms with Crippen LogP contribution in [0.25, 0.3) is 10.9 Å². The topological polar surface area (TPSA) is 28.7 Å². The van der Waals surface area contributed by atoms with E-state index in [9.17, 15) is 0 Å². The van der Waals surface area contributed by atoms with E-state index >= 15 is 0 Å². The molecular weight excluding hydrogens is 208 g/mol. The number of aryl methyl sites for hydroxylation is 2. The molecule has 0 radical (unpaired) electrons. The molecule has 3 rings (SSSR count). The lowest BCUT2D eigenvalue weighted by Gasteiger charge is -1.90. The summed E-state index contributed by atoms with van der Waals surface area (Å²) in [4.78, 5) is 0. The standard InChI is InChI=1S/C8H10.C7H6N2/c1-7-4-3-5-8(2)6-7;1-2-4-7-6(3-1)5-8-9-7/h3-6H,1-2H3;1-5H,(H,8,9). The molecule has 0 saturated carbocycles. The number of aromatic amines is 1. The van der Waals surface area contributed by atoms with E-state index in [-0.39, 0.29) is 0 Å². The molecular formula is C15H16N2. The third-order valence-electron chi connectivity index (χ3n) is 2.52. The predicted octanol–water partition coefficient (Wildman–Crippen LogP) is 3.87. The summed E-state index contributed by atoms with van der Waals surface area (Å²) in [5, 5.41) is 7.91. The third-order valence-corrected chi connectivity index (χ3v) is 2.52. The fourth-order valence-corrected chi connectivity index (χ4v) is 1.69. The Hall–Kier alpha value is -2.09. The molecule has 0 unspecified atom stereocenters. The molecule has 1 aromatic heterocycles. The average Bonchev–Trinajstić information content (AvgIpc) is 2.77.